The molecule has 0 spiro atoms. The van der Waals surface area contributed by atoms with E-state index in [0.717, 1.165) is 42.5 Å². The Morgan fingerprint density at radius 1 is 1.00 bits per heavy atom. The Kier molecular flexibility index (Phi) is 5.61. The molecule has 1 atom stereocenters. The van der Waals surface area contributed by atoms with Gasteiger partial charge in [-0.1, -0.05) is 48.0 Å². The standard InChI is InChI=1S/C20H24ClN3O/c1-22(2)20(25)19(16-7-4-3-5-8-16)24-13-11-23(12-14-24)18-10-6-9-17(21)15-18/h3-10,15,19H,11-14H2,1-2H3/t19-/m1/s1. The van der Waals surface area contributed by atoms with Crippen LogP contribution in [0.3, 0.4) is 0 Å². The van der Waals surface area contributed by atoms with Crippen LogP contribution >= 0.6 is 11.6 Å². The Labute approximate surface area is 154 Å². The number of hydrogen-bond acceptors (Lipinski definition) is 3. The van der Waals surface area contributed by atoms with E-state index in [4.69, 9.17) is 11.6 Å². The fraction of sp³-hybridized carbons (Fsp3) is 0.350. The van der Waals surface area contributed by atoms with Crippen LogP contribution in [-0.4, -0.2) is 56.0 Å². The maximum atomic E-state index is 12.8. The maximum absolute atomic E-state index is 12.8. The minimum absolute atomic E-state index is 0.127. The quantitative estimate of drug-likeness (QED) is 0.840. The van der Waals surface area contributed by atoms with Crippen LogP contribution in [0.25, 0.3) is 0 Å². The van der Waals surface area contributed by atoms with E-state index in [1.54, 1.807) is 4.90 Å². The van der Waals surface area contributed by atoms with Gasteiger partial charge in [-0.3, -0.25) is 9.69 Å². The second-order valence-electron chi connectivity index (χ2n) is 6.55. The molecule has 2 aromatic rings. The summed E-state index contributed by atoms with van der Waals surface area (Å²) in [6.07, 6.45) is 0. The molecule has 1 amide bonds. The van der Waals surface area contributed by atoms with E-state index in [1.165, 1.54) is 0 Å². The molecule has 0 unspecified atom stereocenters. The second kappa shape index (κ2) is 7.89. The molecule has 1 aliphatic heterocycles. The van der Waals surface area contributed by atoms with Gasteiger partial charge in [0.25, 0.3) is 0 Å². The number of carbonyl (C=O) groups excluding carboxylic acids is 1. The Morgan fingerprint density at radius 3 is 2.28 bits per heavy atom. The number of piperazine rings is 1. The van der Waals surface area contributed by atoms with Crippen molar-refractivity contribution in [3.05, 3.63) is 65.2 Å². The van der Waals surface area contributed by atoms with Gasteiger partial charge in [0, 0.05) is 51.0 Å². The topological polar surface area (TPSA) is 26.8 Å². The van der Waals surface area contributed by atoms with Crippen LogP contribution in [0.1, 0.15) is 11.6 Å². The van der Waals surface area contributed by atoms with Crippen molar-refractivity contribution in [1.82, 2.24) is 9.80 Å². The summed E-state index contributed by atoms with van der Waals surface area (Å²) in [6.45, 7) is 3.44. The van der Waals surface area contributed by atoms with Crippen molar-refractivity contribution in [2.75, 3.05) is 45.2 Å². The average Bonchev–Trinajstić information content (AvgIpc) is 2.63. The normalized spacial score (nSPS) is 16.5. The molecule has 1 heterocycles. The van der Waals surface area contributed by atoms with Crippen LogP contribution in [0.4, 0.5) is 5.69 Å². The molecule has 25 heavy (non-hydrogen) atoms. The second-order valence-corrected chi connectivity index (χ2v) is 6.99. The van der Waals surface area contributed by atoms with E-state index in [2.05, 4.69) is 15.9 Å². The molecule has 0 bridgehead atoms. The van der Waals surface area contributed by atoms with Crippen molar-refractivity contribution in [2.24, 2.45) is 0 Å². The van der Waals surface area contributed by atoms with Gasteiger partial charge in [0.1, 0.15) is 6.04 Å². The lowest BCUT2D eigenvalue weighted by Crippen LogP contribution is -2.51. The van der Waals surface area contributed by atoms with Gasteiger partial charge in [0.2, 0.25) is 5.91 Å². The highest BCUT2D eigenvalue weighted by Crippen LogP contribution is 2.26. The number of amides is 1. The first-order chi connectivity index (χ1) is 12.1. The molecule has 0 N–H and O–H groups in total. The van der Waals surface area contributed by atoms with Crippen molar-refractivity contribution in [1.29, 1.82) is 0 Å². The molecular weight excluding hydrogens is 334 g/mol. The van der Waals surface area contributed by atoms with Crippen molar-refractivity contribution in [2.45, 2.75) is 6.04 Å². The first-order valence-electron chi connectivity index (χ1n) is 8.57. The molecule has 1 fully saturated rings. The maximum Gasteiger partial charge on any atom is 0.244 e. The van der Waals surface area contributed by atoms with Gasteiger partial charge >= 0.3 is 0 Å². The molecule has 0 aliphatic carbocycles. The van der Waals surface area contributed by atoms with E-state index < -0.39 is 0 Å². The minimum Gasteiger partial charge on any atom is -0.369 e. The molecule has 132 valence electrons. The van der Waals surface area contributed by atoms with Crippen LogP contribution in [0.15, 0.2) is 54.6 Å². The molecule has 4 nitrogen and oxygen atoms in total. The van der Waals surface area contributed by atoms with Gasteiger partial charge in [0.05, 0.1) is 0 Å². The van der Waals surface area contributed by atoms with E-state index in [1.807, 2.05) is 62.6 Å². The Balaban J connectivity index is 1.75. The summed E-state index contributed by atoms with van der Waals surface area (Å²) < 4.78 is 0. The lowest BCUT2D eigenvalue weighted by molar-refractivity contribution is -0.134. The largest absolute Gasteiger partial charge is 0.369 e. The van der Waals surface area contributed by atoms with Crippen molar-refractivity contribution >= 4 is 23.2 Å². The zero-order valence-corrected chi connectivity index (χ0v) is 15.5. The molecule has 2 aromatic carbocycles. The fourth-order valence-corrected chi connectivity index (χ4v) is 3.49. The van der Waals surface area contributed by atoms with Crippen LogP contribution in [0.5, 0.6) is 0 Å². The number of rotatable bonds is 4. The number of nitrogens with zero attached hydrogens (tertiary/aromatic N) is 3. The molecule has 1 saturated heterocycles. The number of anilines is 1. The summed E-state index contributed by atoms with van der Waals surface area (Å²) in [6, 6.07) is 17.8. The van der Waals surface area contributed by atoms with Crippen molar-refractivity contribution < 1.29 is 4.79 Å². The first-order valence-corrected chi connectivity index (χ1v) is 8.95. The number of carbonyl (C=O) groups is 1. The summed E-state index contributed by atoms with van der Waals surface area (Å²) in [7, 11) is 3.64. The molecule has 5 heteroatoms. The highest BCUT2D eigenvalue weighted by molar-refractivity contribution is 6.30. The lowest BCUT2D eigenvalue weighted by Gasteiger charge is -2.40. The monoisotopic (exact) mass is 357 g/mol. The first kappa shape index (κ1) is 17.8. The van der Waals surface area contributed by atoms with E-state index in [-0.39, 0.29) is 11.9 Å². The van der Waals surface area contributed by atoms with Gasteiger partial charge < -0.3 is 9.80 Å². The molecule has 0 aromatic heterocycles. The molecule has 0 radical (unpaired) electrons. The van der Waals surface area contributed by atoms with Crippen LogP contribution in [0, 0.1) is 0 Å². The predicted molar refractivity (Wildman–Crippen MR) is 103 cm³/mol. The van der Waals surface area contributed by atoms with Crippen LogP contribution < -0.4 is 4.90 Å². The van der Waals surface area contributed by atoms with E-state index >= 15 is 0 Å². The lowest BCUT2D eigenvalue weighted by atomic mass is 10.0. The minimum atomic E-state index is -0.224. The Bertz CT molecular complexity index is 712. The number of halogens is 1. The zero-order valence-electron chi connectivity index (χ0n) is 14.7. The third kappa shape index (κ3) is 4.14. The highest BCUT2D eigenvalue weighted by Gasteiger charge is 2.31. The Hall–Kier alpha value is -2.04. The summed E-state index contributed by atoms with van der Waals surface area (Å²) in [5.74, 6) is 0.127. The SMILES string of the molecule is CN(C)C(=O)[C@@H](c1ccccc1)N1CCN(c2cccc(Cl)c2)CC1. The summed E-state index contributed by atoms with van der Waals surface area (Å²) in [5, 5.41) is 0.755. The van der Waals surface area contributed by atoms with Crippen LogP contribution in [-0.2, 0) is 4.79 Å². The van der Waals surface area contributed by atoms with Crippen LogP contribution in [0.2, 0.25) is 5.02 Å². The average molecular weight is 358 g/mol. The summed E-state index contributed by atoms with van der Waals surface area (Å²) in [4.78, 5) is 19.1. The predicted octanol–water partition coefficient (Wildman–Crippen LogP) is 3.29. The van der Waals surface area contributed by atoms with Crippen molar-refractivity contribution in [3.63, 3.8) is 0 Å². The van der Waals surface area contributed by atoms with Gasteiger partial charge in [-0.15, -0.1) is 0 Å². The van der Waals surface area contributed by atoms with Gasteiger partial charge in [0.15, 0.2) is 0 Å². The van der Waals surface area contributed by atoms with E-state index in [0.29, 0.717) is 0 Å². The third-order valence-electron chi connectivity index (χ3n) is 4.64. The van der Waals surface area contributed by atoms with Gasteiger partial charge in [-0.2, -0.15) is 0 Å². The Morgan fingerprint density at radius 2 is 1.68 bits per heavy atom. The smallest absolute Gasteiger partial charge is 0.244 e. The molecule has 0 saturated carbocycles. The van der Waals surface area contributed by atoms with E-state index in [9.17, 15) is 4.79 Å². The van der Waals surface area contributed by atoms with Gasteiger partial charge in [-0.05, 0) is 23.8 Å². The number of hydrogen-bond donors (Lipinski definition) is 0. The molecule has 1 aliphatic rings. The van der Waals surface area contributed by atoms with Crippen molar-refractivity contribution in [3.8, 4) is 0 Å². The number of likely N-dealkylation sites (N-methyl/N-ethyl adjacent to an activating group) is 1. The third-order valence-corrected chi connectivity index (χ3v) is 4.88. The summed E-state index contributed by atoms with van der Waals surface area (Å²) in [5.41, 5.74) is 2.19. The highest BCUT2D eigenvalue weighted by atomic mass is 35.5. The number of benzene rings is 2. The molecular formula is C20H24ClN3O. The zero-order chi connectivity index (χ0) is 17.8. The molecule has 3 rings (SSSR count). The fourth-order valence-electron chi connectivity index (χ4n) is 3.30. The van der Waals surface area contributed by atoms with Gasteiger partial charge in [-0.25, -0.2) is 0 Å². The summed E-state index contributed by atoms with van der Waals surface area (Å²) >= 11 is 6.11.